The van der Waals surface area contributed by atoms with Gasteiger partial charge in [0.25, 0.3) is 5.91 Å². The van der Waals surface area contributed by atoms with E-state index in [9.17, 15) is 9.90 Å². The third-order valence-electron chi connectivity index (χ3n) is 12.0. The van der Waals surface area contributed by atoms with Crippen molar-refractivity contribution in [1.82, 2.24) is 5.32 Å². The molecule has 9 nitrogen and oxygen atoms in total. The van der Waals surface area contributed by atoms with Crippen molar-refractivity contribution in [2.45, 2.75) is 88.9 Å². The lowest BCUT2D eigenvalue weighted by molar-refractivity contribution is -0.273. The summed E-state index contributed by atoms with van der Waals surface area (Å²) in [5.41, 5.74) is -0.391. The van der Waals surface area contributed by atoms with Crippen molar-refractivity contribution >= 4 is 11.6 Å². The largest absolute Gasteiger partial charge is 0.394 e. The average Bonchev–Trinajstić information content (AvgIpc) is 3.69. The van der Waals surface area contributed by atoms with Crippen LogP contribution in [0.1, 0.15) is 74.7 Å². The Hall–Kier alpha value is -2.37. The maximum absolute atomic E-state index is 17.8. The van der Waals surface area contributed by atoms with Crippen molar-refractivity contribution in [1.29, 1.82) is 0 Å². The monoisotopic (exact) mass is 598 g/mol. The molecule has 1 aromatic rings. The van der Waals surface area contributed by atoms with E-state index < -0.39 is 34.0 Å². The molecule has 2 aliphatic heterocycles. The Balaban J connectivity index is 1.05. The molecule has 3 saturated carbocycles. The van der Waals surface area contributed by atoms with Gasteiger partial charge in [0.05, 0.1) is 18.4 Å². The SMILES string of the molecule is Cc1ccc(C(=O)NCCO/N=C2/C=C3CC[C@H]4[C@@H]5CC[C@@]6(OCOC67COCO7)[C@@]5(C)C[C@H](O)[C@]4(F)[C@@]3(C)CC2)cc1. The number of fused-ring (bicyclic) bond motifs is 7. The molecule has 5 fully saturated rings. The highest BCUT2D eigenvalue weighted by Gasteiger charge is 2.79. The molecule has 0 aromatic heterocycles. The average molecular weight is 599 g/mol. The first-order chi connectivity index (χ1) is 20.6. The van der Waals surface area contributed by atoms with E-state index in [-0.39, 0.29) is 51.0 Å². The van der Waals surface area contributed by atoms with Crippen LogP contribution in [0.5, 0.6) is 0 Å². The van der Waals surface area contributed by atoms with Crippen molar-refractivity contribution in [3.05, 3.63) is 47.0 Å². The smallest absolute Gasteiger partial charge is 0.251 e. The van der Waals surface area contributed by atoms with Gasteiger partial charge in [0.2, 0.25) is 5.79 Å². The molecular weight excluding hydrogens is 555 g/mol. The number of aryl methyl sites for hydroxylation is 1. The predicted molar refractivity (Wildman–Crippen MR) is 155 cm³/mol. The Bertz CT molecular complexity index is 1320. The molecule has 7 rings (SSSR count). The molecule has 2 saturated heterocycles. The first-order valence-corrected chi connectivity index (χ1v) is 15.7. The normalized spacial score (nSPS) is 44.3. The molecule has 0 bridgehead atoms. The highest BCUT2D eigenvalue weighted by Crippen LogP contribution is 2.73. The molecule has 2 N–H and O–H groups in total. The minimum Gasteiger partial charge on any atom is -0.394 e. The van der Waals surface area contributed by atoms with E-state index in [1.54, 1.807) is 12.1 Å². The van der Waals surface area contributed by atoms with Crippen molar-refractivity contribution in [2.24, 2.45) is 27.8 Å². The minimum absolute atomic E-state index is 0.0237. The number of nitrogens with zero attached hydrogens (tertiary/aromatic N) is 1. The molecule has 6 aliphatic rings. The quantitative estimate of drug-likeness (QED) is 0.378. The van der Waals surface area contributed by atoms with E-state index in [0.717, 1.165) is 29.7 Å². The number of aliphatic hydroxyl groups excluding tert-OH is 1. The number of allylic oxidation sites excluding steroid dienone is 2. The number of benzene rings is 1. The van der Waals surface area contributed by atoms with Gasteiger partial charge in [-0.25, -0.2) is 4.39 Å². The van der Waals surface area contributed by atoms with Gasteiger partial charge in [-0.3, -0.25) is 4.79 Å². The van der Waals surface area contributed by atoms with Gasteiger partial charge < -0.3 is 34.2 Å². The molecule has 10 heteroatoms. The Morgan fingerprint density at radius 1 is 1.09 bits per heavy atom. The van der Waals surface area contributed by atoms with E-state index in [2.05, 4.69) is 17.4 Å². The van der Waals surface area contributed by atoms with E-state index in [0.29, 0.717) is 37.8 Å². The topological polar surface area (TPSA) is 108 Å². The summed E-state index contributed by atoms with van der Waals surface area (Å²) in [6, 6.07) is 7.40. The van der Waals surface area contributed by atoms with E-state index in [1.807, 2.05) is 32.1 Å². The summed E-state index contributed by atoms with van der Waals surface area (Å²) in [4.78, 5) is 17.9. The summed E-state index contributed by atoms with van der Waals surface area (Å²) in [7, 11) is 0. The number of amides is 1. The second-order valence-electron chi connectivity index (χ2n) is 13.8. The number of alkyl halides is 1. The zero-order chi connectivity index (χ0) is 30.1. The van der Waals surface area contributed by atoms with Crippen molar-refractivity contribution in [2.75, 3.05) is 33.3 Å². The van der Waals surface area contributed by atoms with Gasteiger partial charge in [-0.05, 0) is 76.0 Å². The van der Waals surface area contributed by atoms with Gasteiger partial charge in [-0.15, -0.1) is 0 Å². The molecule has 4 aliphatic carbocycles. The number of aliphatic hydroxyl groups is 1. The van der Waals surface area contributed by atoms with Gasteiger partial charge in [0, 0.05) is 22.3 Å². The zero-order valence-electron chi connectivity index (χ0n) is 25.3. The third-order valence-corrected chi connectivity index (χ3v) is 12.0. The number of carbonyl (C=O) groups is 1. The van der Waals surface area contributed by atoms with E-state index in [4.69, 9.17) is 23.8 Å². The second-order valence-corrected chi connectivity index (χ2v) is 13.8. The summed E-state index contributed by atoms with van der Waals surface area (Å²) in [6.45, 7) is 7.22. The van der Waals surface area contributed by atoms with Crippen LogP contribution in [-0.4, -0.2) is 73.2 Å². The number of rotatable bonds is 5. The van der Waals surface area contributed by atoms with Crippen LogP contribution in [-0.2, 0) is 23.8 Å². The molecule has 43 heavy (non-hydrogen) atoms. The fourth-order valence-corrected chi connectivity index (χ4v) is 9.77. The Labute approximate surface area is 252 Å². The number of ether oxygens (including phenoxy) is 4. The summed E-state index contributed by atoms with van der Waals surface area (Å²) >= 11 is 0. The molecule has 0 radical (unpaired) electrons. The second kappa shape index (κ2) is 10.3. The van der Waals surface area contributed by atoms with Crippen LogP contribution in [0.15, 0.2) is 41.1 Å². The molecule has 234 valence electrons. The van der Waals surface area contributed by atoms with Gasteiger partial charge in [-0.1, -0.05) is 42.3 Å². The van der Waals surface area contributed by atoms with Crippen LogP contribution in [0.3, 0.4) is 0 Å². The van der Waals surface area contributed by atoms with Crippen LogP contribution >= 0.6 is 0 Å². The molecule has 1 amide bonds. The third kappa shape index (κ3) is 4.06. The number of hydrogen-bond donors (Lipinski definition) is 2. The Morgan fingerprint density at radius 2 is 1.88 bits per heavy atom. The van der Waals surface area contributed by atoms with Crippen molar-refractivity contribution in [3.8, 4) is 0 Å². The summed E-state index contributed by atoms with van der Waals surface area (Å²) in [6.07, 6.45) is 5.08. The van der Waals surface area contributed by atoms with Crippen molar-refractivity contribution in [3.63, 3.8) is 0 Å². The van der Waals surface area contributed by atoms with Crippen LogP contribution in [0.4, 0.5) is 4.39 Å². The lowest BCUT2D eigenvalue weighted by atomic mass is 9.43. The number of hydrogen-bond acceptors (Lipinski definition) is 8. The van der Waals surface area contributed by atoms with E-state index in [1.165, 1.54) is 0 Å². The van der Waals surface area contributed by atoms with Gasteiger partial charge in [0.1, 0.15) is 24.5 Å². The van der Waals surface area contributed by atoms with Gasteiger partial charge in [-0.2, -0.15) is 0 Å². The first-order valence-electron chi connectivity index (χ1n) is 15.7. The van der Waals surface area contributed by atoms with Crippen molar-refractivity contribution < 1.29 is 38.1 Å². The zero-order valence-corrected chi connectivity index (χ0v) is 25.3. The van der Waals surface area contributed by atoms with E-state index >= 15 is 4.39 Å². The highest BCUT2D eigenvalue weighted by molar-refractivity contribution is 5.96. The maximum atomic E-state index is 17.8. The Morgan fingerprint density at radius 3 is 2.65 bits per heavy atom. The van der Waals surface area contributed by atoms with Crippen LogP contribution in [0.2, 0.25) is 0 Å². The van der Waals surface area contributed by atoms with Crippen LogP contribution in [0, 0.1) is 29.6 Å². The van der Waals surface area contributed by atoms with Gasteiger partial charge >= 0.3 is 0 Å². The van der Waals surface area contributed by atoms with Crippen LogP contribution < -0.4 is 5.32 Å². The first kappa shape index (κ1) is 29.3. The molecule has 8 atom stereocenters. The molecule has 1 aromatic carbocycles. The molecule has 1 unspecified atom stereocenters. The Kier molecular flexibility index (Phi) is 7.06. The molecule has 2 spiro atoms. The lowest BCUT2D eigenvalue weighted by Gasteiger charge is -2.64. The number of oxime groups is 1. The number of nitrogens with one attached hydrogen (secondary N) is 1. The van der Waals surface area contributed by atoms with Crippen LogP contribution in [0.25, 0.3) is 0 Å². The predicted octanol–water partition coefficient (Wildman–Crippen LogP) is 4.57. The summed E-state index contributed by atoms with van der Waals surface area (Å²) in [5, 5.41) is 19.0. The fraction of sp³-hybridized carbons (Fsp3) is 0.697. The summed E-state index contributed by atoms with van der Waals surface area (Å²) in [5.74, 6) is -1.44. The maximum Gasteiger partial charge on any atom is 0.251 e. The molecule has 2 heterocycles. The number of carbonyl (C=O) groups excluding carboxylic acids is 1. The molecular formula is C33H43FN2O7. The fourth-order valence-electron chi connectivity index (χ4n) is 9.77. The highest BCUT2D eigenvalue weighted by atomic mass is 19.1. The number of halogens is 1. The summed E-state index contributed by atoms with van der Waals surface area (Å²) < 4.78 is 41.9. The standard InChI is InChI=1S/C33H43FN2O7/c1-21-4-6-22(7-5-21)28(38)35-14-15-43-36-24-10-12-29(2)23(16-24)8-9-26-25-11-13-31(30(25,3)17-27(37)33(26,29)34)32(42-20-40-31)18-39-19-41-32/h4-7,16,25-27,37H,8-15,17-20H2,1-3H3,(H,35,38)/b36-24+/t25-,26-,27-,29-,30-,31+,32?,33-/m0/s1. The van der Waals surface area contributed by atoms with Gasteiger partial charge in [0.15, 0.2) is 13.6 Å². The lowest BCUT2D eigenvalue weighted by Crippen LogP contribution is -2.71. The minimum atomic E-state index is -1.76.